The maximum atomic E-state index is 10.9. The minimum absolute atomic E-state index is 0.0879. The number of nitro groups is 1. The lowest BCUT2D eigenvalue weighted by molar-refractivity contribution is -0.384. The summed E-state index contributed by atoms with van der Waals surface area (Å²) in [4.78, 5) is 10.5. The van der Waals surface area contributed by atoms with Crippen LogP contribution in [0.25, 0.3) is 0 Å². The molecule has 0 saturated carbocycles. The molecule has 0 aliphatic heterocycles. The number of hydrogen-bond donors (Lipinski definition) is 1. The molecule has 1 rings (SSSR count). The molecule has 1 aromatic rings. The Hall–Kier alpha value is -1.66. The molecule has 0 bridgehead atoms. The third-order valence-electron chi connectivity index (χ3n) is 2.89. The van der Waals surface area contributed by atoms with Crippen LogP contribution in [0.5, 0.6) is 5.75 Å². The molecule has 118 valence electrons. The molecule has 21 heavy (non-hydrogen) atoms. The van der Waals surface area contributed by atoms with Gasteiger partial charge in [-0.25, -0.2) is 0 Å². The number of rotatable bonds is 11. The van der Waals surface area contributed by atoms with E-state index < -0.39 is 0 Å². The lowest BCUT2D eigenvalue weighted by Gasteiger charge is -2.12. The van der Waals surface area contributed by atoms with Gasteiger partial charge in [0.05, 0.1) is 11.5 Å². The number of nitrogens with one attached hydrogen (secondary N) is 1. The normalized spacial score (nSPS) is 10.6. The van der Waals surface area contributed by atoms with E-state index in [1.165, 1.54) is 6.07 Å². The van der Waals surface area contributed by atoms with E-state index in [0.717, 1.165) is 24.9 Å². The lowest BCUT2D eigenvalue weighted by Crippen LogP contribution is -2.15. The number of nitro benzene ring substituents is 1. The third-order valence-corrected chi connectivity index (χ3v) is 2.89. The number of ether oxygens (including phenoxy) is 2. The summed E-state index contributed by atoms with van der Waals surface area (Å²) >= 11 is 0. The van der Waals surface area contributed by atoms with Crippen molar-refractivity contribution in [3.05, 3.63) is 33.9 Å². The average molecular weight is 296 g/mol. The van der Waals surface area contributed by atoms with Gasteiger partial charge in [0.2, 0.25) is 0 Å². The second kappa shape index (κ2) is 10.1. The first-order valence-corrected chi connectivity index (χ1v) is 7.37. The molecule has 0 heterocycles. The van der Waals surface area contributed by atoms with Crippen molar-refractivity contribution >= 4 is 5.69 Å². The van der Waals surface area contributed by atoms with Crippen molar-refractivity contribution in [2.75, 3.05) is 26.4 Å². The Kier molecular flexibility index (Phi) is 8.38. The summed E-state index contributed by atoms with van der Waals surface area (Å²) in [5, 5.41) is 14.1. The molecule has 0 spiro atoms. The molecule has 0 radical (unpaired) electrons. The molecular formula is C15H24N2O4. The van der Waals surface area contributed by atoms with Gasteiger partial charge in [0, 0.05) is 43.9 Å². The first-order valence-electron chi connectivity index (χ1n) is 7.37. The van der Waals surface area contributed by atoms with Gasteiger partial charge >= 0.3 is 0 Å². The Morgan fingerprint density at radius 1 is 1.29 bits per heavy atom. The summed E-state index contributed by atoms with van der Waals surface area (Å²) in [6.45, 7) is 7.36. The van der Waals surface area contributed by atoms with Crippen LogP contribution in [0, 0.1) is 10.1 Å². The Labute approximate surface area is 125 Å². The molecule has 6 heteroatoms. The Bertz CT molecular complexity index is 438. The zero-order chi connectivity index (χ0) is 15.5. The van der Waals surface area contributed by atoms with Gasteiger partial charge < -0.3 is 14.8 Å². The van der Waals surface area contributed by atoms with Crippen LogP contribution in [-0.4, -0.2) is 31.3 Å². The van der Waals surface area contributed by atoms with E-state index in [1.807, 2.05) is 6.92 Å². The molecule has 6 nitrogen and oxygen atoms in total. The lowest BCUT2D eigenvalue weighted by atomic mass is 10.1. The van der Waals surface area contributed by atoms with Crippen molar-refractivity contribution in [2.24, 2.45) is 0 Å². The third kappa shape index (κ3) is 6.55. The first kappa shape index (κ1) is 17.4. The predicted octanol–water partition coefficient (Wildman–Crippen LogP) is 2.90. The summed E-state index contributed by atoms with van der Waals surface area (Å²) in [6.07, 6.45) is 1.81. The van der Waals surface area contributed by atoms with Crippen molar-refractivity contribution in [1.29, 1.82) is 0 Å². The number of hydrogen-bond acceptors (Lipinski definition) is 5. The van der Waals surface area contributed by atoms with Gasteiger partial charge in [-0.15, -0.1) is 0 Å². The summed E-state index contributed by atoms with van der Waals surface area (Å²) in [5.74, 6) is 0.695. The molecular weight excluding hydrogens is 272 g/mol. The highest BCUT2D eigenvalue weighted by molar-refractivity contribution is 5.43. The van der Waals surface area contributed by atoms with Crippen molar-refractivity contribution in [3.8, 4) is 5.75 Å². The zero-order valence-corrected chi connectivity index (χ0v) is 12.8. The summed E-state index contributed by atoms with van der Waals surface area (Å²) in [6, 6.07) is 4.71. The van der Waals surface area contributed by atoms with E-state index in [9.17, 15) is 10.1 Å². The molecule has 0 aliphatic rings. The van der Waals surface area contributed by atoms with Gasteiger partial charge in [-0.2, -0.15) is 0 Å². The zero-order valence-electron chi connectivity index (χ0n) is 12.8. The molecule has 0 amide bonds. The average Bonchev–Trinajstić information content (AvgIpc) is 2.48. The van der Waals surface area contributed by atoms with Crippen LogP contribution >= 0.6 is 0 Å². The van der Waals surface area contributed by atoms with Gasteiger partial charge in [-0.1, -0.05) is 6.92 Å². The van der Waals surface area contributed by atoms with Gasteiger partial charge in [-0.3, -0.25) is 10.1 Å². The molecule has 0 atom stereocenters. The van der Waals surface area contributed by atoms with Crippen LogP contribution in [0.2, 0.25) is 0 Å². The molecule has 0 unspecified atom stereocenters. The number of non-ortho nitro benzene ring substituents is 1. The van der Waals surface area contributed by atoms with Crippen molar-refractivity contribution < 1.29 is 14.4 Å². The minimum atomic E-state index is -0.387. The second-order valence-corrected chi connectivity index (χ2v) is 4.62. The molecule has 1 aromatic carbocycles. The summed E-state index contributed by atoms with van der Waals surface area (Å²) in [5.41, 5.74) is 0.902. The minimum Gasteiger partial charge on any atom is -0.493 e. The first-order chi connectivity index (χ1) is 10.2. The maximum absolute atomic E-state index is 10.9. The monoisotopic (exact) mass is 296 g/mol. The SMILES string of the molecule is CCCNCc1cc([N+](=O)[O-])ccc1OCCCOCC. The van der Waals surface area contributed by atoms with Gasteiger partial charge in [-0.05, 0) is 26.0 Å². The number of benzene rings is 1. The van der Waals surface area contributed by atoms with Crippen LogP contribution in [-0.2, 0) is 11.3 Å². The highest BCUT2D eigenvalue weighted by atomic mass is 16.6. The Balaban J connectivity index is 2.64. The fraction of sp³-hybridized carbons (Fsp3) is 0.600. The fourth-order valence-electron chi connectivity index (χ4n) is 1.85. The number of nitrogens with zero attached hydrogens (tertiary/aromatic N) is 1. The molecule has 0 saturated heterocycles. The predicted molar refractivity (Wildman–Crippen MR) is 81.7 cm³/mol. The van der Waals surface area contributed by atoms with Crippen molar-refractivity contribution in [3.63, 3.8) is 0 Å². The Morgan fingerprint density at radius 2 is 2.10 bits per heavy atom. The molecule has 0 aromatic heterocycles. The van der Waals surface area contributed by atoms with Crippen molar-refractivity contribution in [2.45, 2.75) is 33.2 Å². The van der Waals surface area contributed by atoms with Crippen molar-refractivity contribution in [1.82, 2.24) is 5.32 Å². The summed E-state index contributed by atoms with van der Waals surface area (Å²) in [7, 11) is 0. The van der Waals surface area contributed by atoms with E-state index in [1.54, 1.807) is 12.1 Å². The Morgan fingerprint density at radius 3 is 2.76 bits per heavy atom. The van der Waals surface area contributed by atoms with Crippen LogP contribution in [0.4, 0.5) is 5.69 Å². The largest absolute Gasteiger partial charge is 0.493 e. The van der Waals surface area contributed by atoms with Crippen LogP contribution < -0.4 is 10.1 Å². The van der Waals surface area contributed by atoms with Gasteiger partial charge in [0.25, 0.3) is 5.69 Å². The highest BCUT2D eigenvalue weighted by Gasteiger charge is 2.11. The molecule has 1 N–H and O–H groups in total. The topological polar surface area (TPSA) is 73.6 Å². The smallest absolute Gasteiger partial charge is 0.270 e. The highest BCUT2D eigenvalue weighted by Crippen LogP contribution is 2.24. The van der Waals surface area contributed by atoms with E-state index >= 15 is 0 Å². The van der Waals surface area contributed by atoms with E-state index in [0.29, 0.717) is 32.1 Å². The quantitative estimate of drug-likeness (QED) is 0.386. The molecule has 0 fully saturated rings. The van der Waals surface area contributed by atoms with E-state index in [4.69, 9.17) is 9.47 Å². The van der Waals surface area contributed by atoms with Gasteiger partial charge in [0.15, 0.2) is 0 Å². The van der Waals surface area contributed by atoms with Crippen LogP contribution in [0.15, 0.2) is 18.2 Å². The van der Waals surface area contributed by atoms with Crippen LogP contribution in [0.3, 0.4) is 0 Å². The second-order valence-electron chi connectivity index (χ2n) is 4.62. The van der Waals surface area contributed by atoms with E-state index in [-0.39, 0.29) is 10.6 Å². The molecule has 0 aliphatic carbocycles. The summed E-state index contributed by atoms with van der Waals surface area (Å²) < 4.78 is 11.0. The fourth-order valence-corrected chi connectivity index (χ4v) is 1.85. The van der Waals surface area contributed by atoms with Crippen LogP contribution in [0.1, 0.15) is 32.3 Å². The maximum Gasteiger partial charge on any atom is 0.270 e. The van der Waals surface area contributed by atoms with Gasteiger partial charge in [0.1, 0.15) is 5.75 Å². The standard InChI is InChI=1S/C15H24N2O4/c1-3-8-16-12-13-11-14(17(18)19)6-7-15(13)21-10-5-9-20-4-2/h6-7,11,16H,3-5,8-10,12H2,1-2H3. The van der Waals surface area contributed by atoms with E-state index in [2.05, 4.69) is 12.2 Å².